The Morgan fingerprint density at radius 2 is 1.85 bits per heavy atom. The van der Waals surface area contributed by atoms with Crippen LogP contribution in [0.3, 0.4) is 0 Å². The standard InChI is InChI=1S/C21H25F2NO2S/c1-3-5-12-21(4-2)14-27(25,26)19-9-7-6-8-16(19)20(24-21)15-10-11-17(22)18(23)13-15/h6-11,13,20,24H,3-5,12,14H2,1-2H3/t20-,21+/m0/s1. The van der Waals surface area contributed by atoms with E-state index in [4.69, 9.17) is 0 Å². The molecule has 2 aromatic rings. The fourth-order valence-corrected chi connectivity index (χ4v) is 6.01. The van der Waals surface area contributed by atoms with Gasteiger partial charge in [0, 0.05) is 5.54 Å². The Morgan fingerprint density at radius 3 is 2.52 bits per heavy atom. The van der Waals surface area contributed by atoms with Gasteiger partial charge in [0.15, 0.2) is 21.5 Å². The van der Waals surface area contributed by atoms with Gasteiger partial charge in [-0.05, 0) is 42.2 Å². The van der Waals surface area contributed by atoms with Crippen LogP contribution < -0.4 is 5.32 Å². The lowest BCUT2D eigenvalue weighted by molar-refractivity contribution is 0.294. The van der Waals surface area contributed by atoms with Gasteiger partial charge in [-0.3, -0.25) is 5.32 Å². The first-order valence-electron chi connectivity index (χ1n) is 9.36. The summed E-state index contributed by atoms with van der Waals surface area (Å²) in [6.07, 6.45) is 3.16. The number of hydrogen-bond acceptors (Lipinski definition) is 3. The van der Waals surface area contributed by atoms with Crippen molar-refractivity contribution in [2.45, 2.75) is 56.0 Å². The van der Waals surface area contributed by atoms with E-state index in [9.17, 15) is 17.2 Å². The van der Waals surface area contributed by atoms with Gasteiger partial charge in [-0.2, -0.15) is 0 Å². The number of rotatable bonds is 5. The SMILES string of the molecule is CCCC[C@]1(CC)CS(=O)(=O)c2ccccc2[C@H](c2ccc(F)c(F)c2)N1. The van der Waals surface area contributed by atoms with Crippen molar-refractivity contribution in [2.24, 2.45) is 0 Å². The van der Waals surface area contributed by atoms with Crippen molar-refractivity contribution >= 4 is 9.84 Å². The van der Waals surface area contributed by atoms with Gasteiger partial charge in [-0.25, -0.2) is 17.2 Å². The van der Waals surface area contributed by atoms with Gasteiger partial charge < -0.3 is 0 Å². The first kappa shape index (κ1) is 20.0. The molecule has 0 radical (unpaired) electrons. The summed E-state index contributed by atoms with van der Waals surface area (Å²) in [5.74, 6) is -1.86. The van der Waals surface area contributed by atoms with Crippen molar-refractivity contribution < 1.29 is 17.2 Å². The monoisotopic (exact) mass is 393 g/mol. The van der Waals surface area contributed by atoms with E-state index in [1.54, 1.807) is 24.3 Å². The molecule has 0 aliphatic carbocycles. The van der Waals surface area contributed by atoms with E-state index in [1.807, 2.05) is 6.92 Å². The van der Waals surface area contributed by atoms with Crippen LogP contribution in [0.5, 0.6) is 0 Å². The van der Waals surface area contributed by atoms with E-state index in [0.29, 0.717) is 24.0 Å². The lowest BCUT2D eigenvalue weighted by atomic mass is 9.88. The number of unbranched alkanes of at least 4 members (excludes halogenated alkanes) is 1. The van der Waals surface area contributed by atoms with Crippen molar-refractivity contribution in [1.29, 1.82) is 0 Å². The summed E-state index contributed by atoms with van der Waals surface area (Å²) in [6, 6.07) is 10.1. The Hall–Kier alpha value is -1.79. The largest absolute Gasteiger partial charge is 0.300 e. The quantitative estimate of drug-likeness (QED) is 0.796. The molecule has 0 saturated carbocycles. The predicted molar refractivity (Wildman–Crippen MR) is 102 cm³/mol. The average Bonchev–Trinajstić information content (AvgIpc) is 2.75. The summed E-state index contributed by atoms with van der Waals surface area (Å²) in [7, 11) is -3.52. The van der Waals surface area contributed by atoms with Crippen molar-refractivity contribution in [3.63, 3.8) is 0 Å². The minimum atomic E-state index is -3.52. The van der Waals surface area contributed by atoms with Crippen LogP contribution in [-0.4, -0.2) is 19.7 Å². The maximum atomic E-state index is 13.9. The number of fused-ring (bicyclic) bond motifs is 1. The number of benzene rings is 2. The third kappa shape index (κ3) is 3.92. The molecule has 6 heteroatoms. The van der Waals surface area contributed by atoms with Crippen molar-refractivity contribution in [1.82, 2.24) is 5.32 Å². The van der Waals surface area contributed by atoms with Crippen molar-refractivity contribution in [3.05, 3.63) is 65.2 Å². The lowest BCUT2D eigenvalue weighted by Crippen LogP contribution is -2.50. The van der Waals surface area contributed by atoms with Crippen LogP contribution in [0.1, 0.15) is 56.7 Å². The number of nitrogens with one attached hydrogen (secondary N) is 1. The Bertz CT molecular complexity index is 930. The summed E-state index contributed by atoms with van der Waals surface area (Å²) in [5, 5.41) is 3.52. The Balaban J connectivity index is 2.20. The molecule has 3 rings (SSSR count). The molecule has 2 atom stereocenters. The smallest absolute Gasteiger partial charge is 0.180 e. The highest BCUT2D eigenvalue weighted by atomic mass is 32.2. The predicted octanol–water partition coefficient (Wildman–Crippen LogP) is 4.77. The van der Waals surface area contributed by atoms with Crippen LogP contribution in [-0.2, 0) is 9.84 Å². The first-order chi connectivity index (χ1) is 12.8. The van der Waals surface area contributed by atoms with Crippen LogP contribution in [0.25, 0.3) is 0 Å². The van der Waals surface area contributed by atoms with Gasteiger partial charge in [0.25, 0.3) is 0 Å². The van der Waals surface area contributed by atoms with E-state index in [1.165, 1.54) is 6.07 Å². The third-order valence-corrected chi connectivity index (χ3v) is 7.42. The van der Waals surface area contributed by atoms with E-state index in [2.05, 4.69) is 12.2 Å². The molecule has 0 fully saturated rings. The van der Waals surface area contributed by atoms with E-state index < -0.39 is 33.1 Å². The maximum Gasteiger partial charge on any atom is 0.180 e. The zero-order valence-electron chi connectivity index (χ0n) is 15.6. The molecule has 1 N–H and O–H groups in total. The fraction of sp³-hybridized carbons (Fsp3) is 0.429. The van der Waals surface area contributed by atoms with E-state index in [-0.39, 0.29) is 10.6 Å². The minimum absolute atomic E-state index is 0.00626. The van der Waals surface area contributed by atoms with Gasteiger partial charge >= 0.3 is 0 Å². The summed E-state index contributed by atoms with van der Waals surface area (Å²) in [5.41, 5.74) is 0.478. The molecular formula is C21H25F2NO2S. The normalized spacial score (nSPS) is 24.2. The number of sulfone groups is 1. The van der Waals surface area contributed by atoms with Gasteiger partial charge in [-0.15, -0.1) is 0 Å². The van der Waals surface area contributed by atoms with Crippen LogP contribution in [0.2, 0.25) is 0 Å². The first-order valence-corrected chi connectivity index (χ1v) is 11.0. The summed E-state index contributed by atoms with van der Waals surface area (Å²) in [4.78, 5) is 0.263. The molecule has 1 aliphatic heterocycles. The Kier molecular flexibility index (Phi) is 5.68. The lowest BCUT2D eigenvalue weighted by Gasteiger charge is -2.36. The highest BCUT2D eigenvalue weighted by Gasteiger charge is 2.41. The second-order valence-corrected chi connectivity index (χ2v) is 9.24. The molecule has 1 aliphatic rings. The summed E-state index contributed by atoms with van der Waals surface area (Å²) < 4.78 is 53.7. The molecule has 0 unspecified atom stereocenters. The zero-order chi connectivity index (χ0) is 19.7. The molecule has 3 nitrogen and oxygen atoms in total. The van der Waals surface area contributed by atoms with Crippen molar-refractivity contribution in [2.75, 3.05) is 5.75 Å². The number of hydrogen-bond donors (Lipinski definition) is 1. The molecular weight excluding hydrogens is 368 g/mol. The minimum Gasteiger partial charge on any atom is -0.300 e. The second kappa shape index (κ2) is 7.68. The van der Waals surface area contributed by atoms with Crippen LogP contribution >= 0.6 is 0 Å². The molecule has 27 heavy (non-hydrogen) atoms. The van der Waals surface area contributed by atoms with Crippen LogP contribution in [0, 0.1) is 11.6 Å². The fourth-order valence-electron chi connectivity index (χ4n) is 3.86. The van der Waals surface area contributed by atoms with Crippen molar-refractivity contribution in [3.8, 4) is 0 Å². The second-order valence-electron chi connectivity index (χ2n) is 7.29. The molecule has 0 saturated heterocycles. The zero-order valence-corrected chi connectivity index (χ0v) is 16.5. The molecule has 0 amide bonds. The summed E-state index contributed by atoms with van der Waals surface area (Å²) in [6.45, 7) is 4.03. The highest BCUT2D eigenvalue weighted by Crippen LogP contribution is 2.38. The molecule has 1 heterocycles. The average molecular weight is 393 g/mol. The molecule has 2 aromatic carbocycles. The number of halogens is 2. The molecule has 0 bridgehead atoms. The van der Waals surface area contributed by atoms with Gasteiger partial charge in [0.1, 0.15) is 0 Å². The van der Waals surface area contributed by atoms with E-state index >= 15 is 0 Å². The van der Waals surface area contributed by atoms with Crippen LogP contribution in [0.15, 0.2) is 47.4 Å². The third-order valence-electron chi connectivity index (χ3n) is 5.44. The Labute approximate surface area is 159 Å². The topological polar surface area (TPSA) is 46.2 Å². The van der Waals surface area contributed by atoms with Gasteiger partial charge in [0.2, 0.25) is 0 Å². The van der Waals surface area contributed by atoms with E-state index in [0.717, 1.165) is 25.0 Å². The molecule has 0 spiro atoms. The highest BCUT2D eigenvalue weighted by molar-refractivity contribution is 7.91. The van der Waals surface area contributed by atoms with Gasteiger partial charge in [0.05, 0.1) is 16.7 Å². The van der Waals surface area contributed by atoms with Crippen LogP contribution in [0.4, 0.5) is 8.78 Å². The van der Waals surface area contributed by atoms with Gasteiger partial charge in [-0.1, -0.05) is 51.0 Å². The molecule has 0 aromatic heterocycles. The maximum absolute atomic E-state index is 13.9. The summed E-state index contributed by atoms with van der Waals surface area (Å²) >= 11 is 0. The Morgan fingerprint density at radius 1 is 1.11 bits per heavy atom. The molecule has 146 valence electrons.